The van der Waals surface area contributed by atoms with Crippen molar-refractivity contribution in [3.8, 4) is 17.6 Å². The smallest absolute Gasteiger partial charge is 0.332 e. The van der Waals surface area contributed by atoms with Crippen LogP contribution in [0, 0.1) is 14.9 Å². The first-order chi connectivity index (χ1) is 9.58. The number of hydrazone groups is 1. The third kappa shape index (κ3) is 4.93. The summed E-state index contributed by atoms with van der Waals surface area (Å²) in [7, 11) is 0. The Morgan fingerprint density at radius 3 is 2.95 bits per heavy atom. The predicted molar refractivity (Wildman–Crippen MR) is 81.7 cm³/mol. The fraction of sp³-hybridized carbons (Fsp3) is 0.250. The van der Waals surface area contributed by atoms with Crippen LogP contribution < -0.4 is 20.6 Å². The van der Waals surface area contributed by atoms with Crippen molar-refractivity contribution in [2.45, 2.75) is 6.92 Å². The van der Waals surface area contributed by atoms with Crippen molar-refractivity contribution in [3.05, 3.63) is 21.3 Å². The lowest BCUT2D eigenvalue weighted by Gasteiger charge is -2.12. The molecule has 0 heterocycles. The van der Waals surface area contributed by atoms with Gasteiger partial charge in [-0.15, -0.1) is 0 Å². The van der Waals surface area contributed by atoms with Gasteiger partial charge in [-0.25, -0.2) is 10.2 Å². The highest BCUT2D eigenvalue weighted by Crippen LogP contribution is 2.33. The summed E-state index contributed by atoms with van der Waals surface area (Å²) >= 11 is 2.07. The van der Waals surface area contributed by atoms with E-state index in [0.29, 0.717) is 23.7 Å². The summed E-state index contributed by atoms with van der Waals surface area (Å²) in [5, 5.41) is 12.2. The summed E-state index contributed by atoms with van der Waals surface area (Å²) < 4.78 is 11.6. The van der Waals surface area contributed by atoms with E-state index >= 15 is 0 Å². The zero-order valence-electron chi connectivity index (χ0n) is 10.7. The first-order valence-corrected chi connectivity index (χ1v) is 6.71. The van der Waals surface area contributed by atoms with E-state index in [1.807, 2.05) is 13.0 Å². The zero-order valence-corrected chi connectivity index (χ0v) is 12.9. The Labute approximate surface area is 129 Å². The number of carbonyl (C=O) groups excluding carboxylic acids is 1. The number of rotatable bonds is 6. The van der Waals surface area contributed by atoms with Crippen LogP contribution in [-0.2, 0) is 0 Å². The molecule has 8 heteroatoms. The molecule has 1 aromatic rings. The van der Waals surface area contributed by atoms with Crippen LogP contribution in [0.3, 0.4) is 0 Å². The van der Waals surface area contributed by atoms with Crippen LogP contribution in [0.25, 0.3) is 0 Å². The monoisotopic (exact) mass is 388 g/mol. The Bertz CT molecular complexity index is 554. The van der Waals surface area contributed by atoms with Crippen LogP contribution in [0.2, 0.25) is 0 Å². The number of nitrogens with two attached hydrogens (primary N) is 1. The normalized spacial score (nSPS) is 10.1. The molecular weight excluding hydrogens is 375 g/mol. The molecule has 0 radical (unpaired) electrons. The highest BCUT2D eigenvalue weighted by molar-refractivity contribution is 14.1. The molecule has 0 unspecified atom stereocenters. The van der Waals surface area contributed by atoms with Crippen molar-refractivity contribution in [1.82, 2.24) is 5.43 Å². The van der Waals surface area contributed by atoms with E-state index in [-0.39, 0.29) is 6.61 Å². The number of carbonyl (C=O) groups is 1. The zero-order chi connectivity index (χ0) is 15.0. The number of halogens is 1. The van der Waals surface area contributed by atoms with Crippen LogP contribution in [-0.4, -0.2) is 25.5 Å². The minimum absolute atomic E-state index is 0.0628. The van der Waals surface area contributed by atoms with Gasteiger partial charge in [-0.2, -0.15) is 10.4 Å². The van der Waals surface area contributed by atoms with Crippen molar-refractivity contribution in [2.75, 3.05) is 13.2 Å². The molecule has 3 N–H and O–H groups in total. The Morgan fingerprint density at radius 2 is 2.35 bits per heavy atom. The average Bonchev–Trinajstić information content (AvgIpc) is 2.38. The molecule has 1 rings (SSSR count). The molecule has 0 aliphatic heterocycles. The van der Waals surface area contributed by atoms with E-state index in [1.54, 1.807) is 12.1 Å². The van der Waals surface area contributed by atoms with E-state index in [0.717, 1.165) is 3.57 Å². The van der Waals surface area contributed by atoms with Crippen molar-refractivity contribution in [3.63, 3.8) is 0 Å². The van der Waals surface area contributed by atoms with E-state index in [4.69, 9.17) is 20.5 Å². The topological polar surface area (TPSA) is 110 Å². The van der Waals surface area contributed by atoms with Crippen molar-refractivity contribution in [1.29, 1.82) is 5.26 Å². The number of hydrogen-bond acceptors (Lipinski definition) is 5. The Balaban J connectivity index is 3.03. The van der Waals surface area contributed by atoms with E-state index < -0.39 is 6.03 Å². The highest BCUT2D eigenvalue weighted by atomic mass is 127. The third-order valence-electron chi connectivity index (χ3n) is 2.00. The number of benzene rings is 1. The largest absolute Gasteiger partial charge is 0.490 e. The van der Waals surface area contributed by atoms with Gasteiger partial charge in [0, 0.05) is 0 Å². The molecule has 0 atom stereocenters. The molecule has 0 saturated carbocycles. The molecule has 0 saturated heterocycles. The van der Waals surface area contributed by atoms with Gasteiger partial charge in [0.2, 0.25) is 0 Å². The van der Waals surface area contributed by atoms with Gasteiger partial charge in [-0.3, -0.25) is 0 Å². The summed E-state index contributed by atoms with van der Waals surface area (Å²) in [6, 6.07) is 4.64. The second kappa shape index (κ2) is 8.21. The van der Waals surface area contributed by atoms with Crippen LogP contribution in [0.4, 0.5) is 4.79 Å². The van der Waals surface area contributed by atoms with Crippen molar-refractivity contribution in [2.24, 2.45) is 10.8 Å². The summed E-state index contributed by atoms with van der Waals surface area (Å²) in [5.74, 6) is 1.02. The Morgan fingerprint density at radius 1 is 1.60 bits per heavy atom. The lowest BCUT2D eigenvalue weighted by atomic mass is 10.2. The maximum absolute atomic E-state index is 10.5. The number of primary amides is 1. The molecule has 20 heavy (non-hydrogen) atoms. The Kier molecular flexibility index (Phi) is 6.58. The average molecular weight is 388 g/mol. The second-order valence-corrected chi connectivity index (χ2v) is 4.61. The fourth-order valence-electron chi connectivity index (χ4n) is 1.34. The number of ether oxygens (including phenoxy) is 2. The first kappa shape index (κ1) is 16.0. The fourth-order valence-corrected chi connectivity index (χ4v) is 2.12. The maximum Gasteiger partial charge on any atom is 0.332 e. The van der Waals surface area contributed by atoms with Gasteiger partial charge in [0.15, 0.2) is 18.1 Å². The quantitative estimate of drug-likeness (QED) is 0.438. The molecule has 0 aromatic heterocycles. The lowest BCUT2D eigenvalue weighted by Crippen LogP contribution is -2.24. The van der Waals surface area contributed by atoms with Gasteiger partial charge in [0.1, 0.15) is 6.07 Å². The summed E-state index contributed by atoms with van der Waals surface area (Å²) in [6.45, 7) is 2.24. The van der Waals surface area contributed by atoms with Crippen molar-refractivity contribution < 1.29 is 14.3 Å². The molecule has 2 amide bonds. The molecule has 0 aliphatic carbocycles. The summed E-state index contributed by atoms with van der Waals surface area (Å²) in [6.07, 6.45) is 1.43. The van der Waals surface area contributed by atoms with Crippen LogP contribution >= 0.6 is 22.6 Å². The van der Waals surface area contributed by atoms with E-state index in [2.05, 4.69) is 33.1 Å². The van der Waals surface area contributed by atoms with Crippen molar-refractivity contribution >= 4 is 34.8 Å². The highest BCUT2D eigenvalue weighted by Gasteiger charge is 2.11. The standard InChI is InChI=1S/C12H13IN4O3/c1-2-19-10-6-8(7-16-17-12(15)18)5-9(13)11(10)20-4-3-14/h5-7H,2,4H2,1H3,(H3,15,17,18)/b16-7+. The van der Waals surface area contributed by atoms with Gasteiger partial charge in [-0.1, -0.05) is 0 Å². The second-order valence-electron chi connectivity index (χ2n) is 3.44. The van der Waals surface area contributed by atoms with Crippen LogP contribution in [0.5, 0.6) is 11.5 Å². The number of urea groups is 1. The maximum atomic E-state index is 10.5. The molecular formula is C12H13IN4O3. The molecule has 106 valence electrons. The van der Waals surface area contributed by atoms with E-state index in [9.17, 15) is 4.79 Å². The van der Waals surface area contributed by atoms with Gasteiger partial charge in [-0.05, 0) is 47.2 Å². The number of amides is 2. The summed E-state index contributed by atoms with van der Waals surface area (Å²) in [4.78, 5) is 10.5. The van der Waals surface area contributed by atoms with Crippen LogP contribution in [0.15, 0.2) is 17.2 Å². The minimum Gasteiger partial charge on any atom is -0.490 e. The van der Waals surface area contributed by atoms with Gasteiger partial charge >= 0.3 is 6.03 Å². The molecule has 0 fully saturated rings. The molecule has 0 aliphatic rings. The van der Waals surface area contributed by atoms with Gasteiger partial charge in [0.25, 0.3) is 0 Å². The molecule has 1 aromatic carbocycles. The minimum atomic E-state index is -0.741. The molecule has 0 spiro atoms. The van der Waals surface area contributed by atoms with Crippen LogP contribution in [0.1, 0.15) is 12.5 Å². The number of hydrogen-bond donors (Lipinski definition) is 2. The predicted octanol–water partition coefficient (Wildman–Crippen LogP) is 1.59. The third-order valence-corrected chi connectivity index (χ3v) is 2.80. The van der Waals surface area contributed by atoms with E-state index in [1.165, 1.54) is 6.21 Å². The molecule has 0 bridgehead atoms. The number of nitrogens with zero attached hydrogens (tertiary/aromatic N) is 2. The Hall–Kier alpha value is -2.02. The van der Waals surface area contributed by atoms with Gasteiger partial charge < -0.3 is 15.2 Å². The lowest BCUT2D eigenvalue weighted by molar-refractivity contribution is 0.249. The SMILES string of the molecule is CCOc1cc(/C=N/NC(N)=O)cc(I)c1OCC#N. The first-order valence-electron chi connectivity index (χ1n) is 5.63. The summed E-state index contributed by atoms with van der Waals surface area (Å²) in [5.41, 5.74) is 7.71. The van der Waals surface area contributed by atoms with Gasteiger partial charge in [0.05, 0.1) is 16.4 Å². The number of nitrogens with one attached hydrogen (secondary N) is 1. The number of nitriles is 1. The molecule has 7 nitrogen and oxygen atoms in total.